The van der Waals surface area contributed by atoms with Gasteiger partial charge in [-0.2, -0.15) is 5.26 Å². The molecule has 1 aromatic rings. The second-order valence-electron chi connectivity index (χ2n) is 5.09. The quantitative estimate of drug-likeness (QED) is 0.638. The number of aliphatic hydroxyl groups excluding tert-OH is 1. The van der Waals surface area contributed by atoms with Crippen molar-refractivity contribution in [3.05, 3.63) is 35.4 Å². The van der Waals surface area contributed by atoms with Gasteiger partial charge in [0.2, 0.25) is 0 Å². The Kier molecular flexibility index (Phi) is 8.63. The zero-order valence-corrected chi connectivity index (χ0v) is 12.7. The number of nitrogens with zero attached hydrogens (tertiary/aromatic N) is 1. The first-order valence-electron chi connectivity index (χ1n) is 7.19. The Morgan fingerprint density at radius 3 is 2.57 bits per heavy atom. The van der Waals surface area contributed by atoms with Crippen molar-refractivity contribution in [1.29, 1.82) is 5.26 Å². The van der Waals surface area contributed by atoms with Crippen molar-refractivity contribution in [1.82, 2.24) is 5.32 Å². The van der Waals surface area contributed by atoms with E-state index < -0.39 is 6.10 Å². The monoisotopic (exact) mass is 292 g/mol. The summed E-state index contributed by atoms with van der Waals surface area (Å²) in [6.07, 6.45) is -0.338. The minimum atomic E-state index is -0.539. The van der Waals surface area contributed by atoms with Crippen molar-refractivity contribution < 1.29 is 14.6 Å². The molecule has 1 rings (SSSR count). The molecule has 0 amide bonds. The Balaban J connectivity index is 2.07. The maximum atomic E-state index is 9.75. The molecule has 116 valence electrons. The van der Waals surface area contributed by atoms with Crippen LogP contribution < -0.4 is 5.32 Å². The molecule has 2 N–H and O–H groups in total. The molecule has 1 unspecified atom stereocenters. The fourth-order valence-electron chi connectivity index (χ4n) is 1.70. The molecule has 0 fully saturated rings. The molecule has 5 nitrogen and oxygen atoms in total. The summed E-state index contributed by atoms with van der Waals surface area (Å²) in [5.41, 5.74) is 1.73. The number of nitriles is 1. The third-order valence-electron chi connectivity index (χ3n) is 2.78. The lowest BCUT2D eigenvalue weighted by molar-refractivity contribution is -0.0100. The normalized spacial score (nSPS) is 12.3. The highest BCUT2D eigenvalue weighted by atomic mass is 16.5. The predicted molar refractivity (Wildman–Crippen MR) is 80.8 cm³/mol. The van der Waals surface area contributed by atoms with Gasteiger partial charge >= 0.3 is 0 Å². The van der Waals surface area contributed by atoms with Gasteiger partial charge in [-0.15, -0.1) is 0 Å². The summed E-state index contributed by atoms with van der Waals surface area (Å²) in [6.45, 7) is 6.39. The zero-order chi connectivity index (χ0) is 15.5. The molecule has 0 bridgehead atoms. The van der Waals surface area contributed by atoms with Gasteiger partial charge in [0.05, 0.1) is 43.7 Å². The molecule has 1 aromatic carbocycles. The highest BCUT2D eigenvalue weighted by Gasteiger charge is 2.04. The SMILES string of the molecule is CC(C)OCCOCC(O)CNCc1ccc(C#N)cc1. The Labute approximate surface area is 126 Å². The first-order chi connectivity index (χ1) is 10.1. The second kappa shape index (κ2) is 10.3. The Hall–Kier alpha value is -1.45. The lowest BCUT2D eigenvalue weighted by Gasteiger charge is -2.13. The molecule has 5 heteroatoms. The van der Waals surface area contributed by atoms with Crippen LogP contribution in [0.3, 0.4) is 0 Å². The molecule has 1 atom stereocenters. The average molecular weight is 292 g/mol. The third kappa shape index (κ3) is 8.43. The number of benzene rings is 1. The molecule has 0 saturated heterocycles. The summed E-state index contributed by atoms with van der Waals surface area (Å²) >= 11 is 0. The van der Waals surface area contributed by atoms with Crippen LogP contribution >= 0.6 is 0 Å². The molecule has 0 aliphatic carbocycles. The predicted octanol–water partition coefficient (Wildman–Crippen LogP) is 1.45. The fraction of sp³-hybridized carbons (Fsp3) is 0.562. The van der Waals surface area contributed by atoms with Crippen LogP contribution in [-0.2, 0) is 16.0 Å². The van der Waals surface area contributed by atoms with Crippen LogP contribution in [-0.4, -0.2) is 43.7 Å². The van der Waals surface area contributed by atoms with Crippen molar-refractivity contribution in [3.63, 3.8) is 0 Å². The molecule has 0 saturated carbocycles. The van der Waals surface area contributed by atoms with Crippen LogP contribution in [0.5, 0.6) is 0 Å². The maximum absolute atomic E-state index is 9.75. The summed E-state index contributed by atoms with van der Waals surface area (Å²) in [7, 11) is 0. The number of nitrogens with one attached hydrogen (secondary N) is 1. The summed E-state index contributed by atoms with van der Waals surface area (Å²) in [6, 6.07) is 9.45. The maximum Gasteiger partial charge on any atom is 0.0991 e. The van der Waals surface area contributed by atoms with Crippen molar-refractivity contribution >= 4 is 0 Å². The van der Waals surface area contributed by atoms with E-state index in [9.17, 15) is 5.11 Å². The molecule has 21 heavy (non-hydrogen) atoms. The van der Waals surface area contributed by atoms with Gasteiger partial charge in [-0.25, -0.2) is 0 Å². The van der Waals surface area contributed by atoms with Crippen LogP contribution in [0.1, 0.15) is 25.0 Å². The van der Waals surface area contributed by atoms with Gasteiger partial charge < -0.3 is 19.9 Å². The van der Waals surface area contributed by atoms with E-state index in [2.05, 4.69) is 11.4 Å². The number of rotatable bonds is 10. The minimum Gasteiger partial charge on any atom is -0.389 e. The van der Waals surface area contributed by atoms with Gasteiger partial charge in [-0.1, -0.05) is 12.1 Å². The van der Waals surface area contributed by atoms with E-state index in [0.717, 1.165) is 5.56 Å². The third-order valence-corrected chi connectivity index (χ3v) is 2.78. The van der Waals surface area contributed by atoms with Crippen LogP contribution in [0.2, 0.25) is 0 Å². The standard InChI is InChI=1S/C16H24N2O3/c1-13(2)21-8-7-20-12-16(19)11-18-10-15-5-3-14(9-17)4-6-15/h3-6,13,16,18-19H,7-8,10-12H2,1-2H3. The largest absolute Gasteiger partial charge is 0.389 e. The summed E-state index contributed by atoms with van der Waals surface area (Å²) in [5, 5.41) is 21.6. The number of hydrogen-bond donors (Lipinski definition) is 2. The summed E-state index contributed by atoms with van der Waals surface area (Å²) in [5.74, 6) is 0. The van der Waals surface area contributed by atoms with Crippen LogP contribution in [0, 0.1) is 11.3 Å². The van der Waals surface area contributed by atoms with Gasteiger partial charge in [0.25, 0.3) is 0 Å². The van der Waals surface area contributed by atoms with Crippen LogP contribution in [0.4, 0.5) is 0 Å². The Bertz CT molecular complexity index is 426. The highest BCUT2D eigenvalue weighted by Crippen LogP contribution is 2.02. The van der Waals surface area contributed by atoms with Crippen LogP contribution in [0.15, 0.2) is 24.3 Å². The van der Waals surface area contributed by atoms with Gasteiger partial charge in [-0.05, 0) is 31.5 Å². The fourth-order valence-corrected chi connectivity index (χ4v) is 1.70. The average Bonchev–Trinajstić information content (AvgIpc) is 2.47. The Morgan fingerprint density at radius 2 is 1.95 bits per heavy atom. The lowest BCUT2D eigenvalue weighted by Crippen LogP contribution is -2.30. The van der Waals surface area contributed by atoms with Crippen molar-refractivity contribution in [2.24, 2.45) is 0 Å². The molecule has 0 aliphatic heterocycles. The molecule has 0 spiro atoms. The van der Waals surface area contributed by atoms with E-state index in [1.165, 1.54) is 0 Å². The van der Waals surface area contributed by atoms with Gasteiger partial charge in [-0.3, -0.25) is 0 Å². The number of aliphatic hydroxyl groups is 1. The topological polar surface area (TPSA) is 74.5 Å². The lowest BCUT2D eigenvalue weighted by atomic mass is 10.1. The minimum absolute atomic E-state index is 0.201. The van der Waals surface area contributed by atoms with Gasteiger partial charge in [0.15, 0.2) is 0 Å². The van der Waals surface area contributed by atoms with Crippen molar-refractivity contribution in [2.75, 3.05) is 26.4 Å². The second-order valence-corrected chi connectivity index (χ2v) is 5.09. The smallest absolute Gasteiger partial charge is 0.0991 e. The first-order valence-corrected chi connectivity index (χ1v) is 7.19. The summed E-state index contributed by atoms with van der Waals surface area (Å²) in [4.78, 5) is 0. The van der Waals surface area contributed by atoms with Crippen LogP contribution in [0.25, 0.3) is 0 Å². The first kappa shape index (κ1) is 17.6. The molecular weight excluding hydrogens is 268 g/mol. The molecule has 0 aromatic heterocycles. The highest BCUT2D eigenvalue weighted by molar-refractivity contribution is 5.31. The molecule has 0 radical (unpaired) electrons. The van der Waals surface area contributed by atoms with Crippen molar-refractivity contribution in [2.45, 2.75) is 32.6 Å². The van der Waals surface area contributed by atoms with Gasteiger partial charge in [0, 0.05) is 13.1 Å². The molecule has 0 heterocycles. The number of ether oxygens (including phenoxy) is 2. The van der Waals surface area contributed by atoms with E-state index >= 15 is 0 Å². The van der Waals surface area contributed by atoms with E-state index in [1.54, 1.807) is 12.1 Å². The Morgan fingerprint density at radius 1 is 1.24 bits per heavy atom. The molecular formula is C16H24N2O3. The van der Waals surface area contributed by atoms with E-state index in [-0.39, 0.29) is 6.10 Å². The van der Waals surface area contributed by atoms with Gasteiger partial charge in [0.1, 0.15) is 0 Å². The van der Waals surface area contributed by atoms with E-state index in [4.69, 9.17) is 14.7 Å². The van der Waals surface area contributed by atoms with E-state index in [0.29, 0.717) is 38.5 Å². The van der Waals surface area contributed by atoms with E-state index in [1.807, 2.05) is 26.0 Å². The summed E-state index contributed by atoms with van der Waals surface area (Å²) < 4.78 is 10.7. The number of hydrogen-bond acceptors (Lipinski definition) is 5. The zero-order valence-electron chi connectivity index (χ0n) is 12.7. The molecule has 0 aliphatic rings. The van der Waals surface area contributed by atoms with Crippen molar-refractivity contribution in [3.8, 4) is 6.07 Å².